The molecule has 0 radical (unpaired) electrons. The molecule has 35 nitrogen and oxygen atoms in total. The molecule has 14 heterocycles. The number of fused-ring (bicyclic) bond motifs is 7. The number of halogens is 14. The lowest BCUT2D eigenvalue weighted by Gasteiger charge is -2.30. The molecule has 0 unspecified atom stereocenters. The summed E-state index contributed by atoms with van der Waals surface area (Å²) in [6.07, 6.45) is -9.14. The largest absolute Gasteiger partial charge is 0.444 e. The maximum atomic E-state index is 13.2. The normalized spacial score (nSPS) is 15.1. The predicted molar refractivity (Wildman–Crippen MR) is 537 cm³/mol. The Bertz CT molecular complexity index is 5990. The zero-order chi connectivity index (χ0) is 111. The van der Waals surface area contributed by atoms with Crippen LogP contribution >= 0.6 is 31.9 Å². The molecule has 0 saturated carbocycles. The molecular weight excluding hydrogens is 2120 g/mol. The smallest absolute Gasteiger partial charge is 0.410 e. The molecule has 16 rings (SSSR count). The van der Waals surface area contributed by atoms with E-state index in [1.54, 1.807) is 139 Å². The van der Waals surface area contributed by atoms with Crippen LogP contribution in [0.5, 0.6) is 0 Å². The van der Waals surface area contributed by atoms with Crippen LogP contribution in [0, 0.1) is 0 Å². The van der Waals surface area contributed by atoms with Gasteiger partial charge in [0.05, 0.1) is 167 Å². The van der Waals surface area contributed by atoms with Gasteiger partial charge in [-0.25, -0.2) is 121 Å². The summed E-state index contributed by atoms with van der Waals surface area (Å²) in [5.74, 6) is 1.03. The molecule has 0 aliphatic carbocycles. The Balaban J connectivity index is 0.000000180. The number of carbonyl (C=O) groups is 7. The van der Waals surface area contributed by atoms with Gasteiger partial charge in [-0.05, 0) is 177 Å². The summed E-state index contributed by atoms with van der Waals surface area (Å²) in [5, 5.41) is 0. The second kappa shape index (κ2) is 50.9. The maximum Gasteiger partial charge on any atom is 0.410 e. The highest BCUT2D eigenvalue weighted by Crippen LogP contribution is 2.35. The standard InChI is InChI=1S/2C19H23F2N3O2.2C13H18BrF2N3O2.2C13H19F2N3O2.C11H17N3O2/c1-19(2,3)26-18(25)23-10-9-15-14(11-23)22-17(24(15)12-16(20)21)13-7-5-4-6-8-13;1-19(2,3)26-18(25)23-10-9-14-15(11-23)24(12-16(20)21)17(22-14)13-7-5-4-6-8-13;1-13(2,3)21-12(20)18-5-4-9-8(6-18)17-11(14)19(9)7-10(15)16;1-13(2,3)21-12(20)18-5-4-8-9(6-18)19(7-10(15)16)11(14)17-8;1-13(2,3)20-12(19)17-5-4-10-9(6-17)16-8-18(10)7-11(14)15;1-13(2,3)20-12(19)17-5-4-9-10(6-17)18(8-16-9)7-11(14)15;1-11(2,3)16-10(15)14-5-4-8-9(6-14)13-7-12-8/h2*4-8,16H,9-12H2,1-3H3;2*10H,4-7H2,1-3H3;2*8,11H,4-7H2,1-3H3;7H,4-6H2,1-3H3,(H,12,13). The van der Waals surface area contributed by atoms with Gasteiger partial charge in [0.15, 0.2) is 9.47 Å². The molecule has 0 bridgehead atoms. The van der Waals surface area contributed by atoms with Gasteiger partial charge in [0, 0.05) is 119 Å². The Hall–Kier alpha value is -12.1. The molecule has 9 aromatic rings. The van der Waals surface area contributed by atoms with E-state index in [2.05, 4.69) is 71.7 Å². The number of carbonyl (C=O) groups excluding carboxylic acids is 7. The summed E-state index contributed by atoms with van der Waals surface area (Å²) in [5.41, 5.74) is 8.28. The zero-order valence-corrected chi connectivity index (χ0v) is 91.7. The molecule has 150 heavy (non-hydrogen) atoms. The van der Waals surface area contributed by atoms with Gasteiger partial charge in [-0.15, -0.1) is 0 Å². The van der Waals surface area contributed by atoms with E-state index in [0.717, 1.165) is 63.1 Å². The third-order valence-electron chi connectivity index (χ3n) is 22.7. The predicted octanol–water partition coefficient (Wildman–Crippen LogP) is 21.2. The maximum absolute atomic E-state index is 13.2. The van der Waals surface area contributed by atoms with Crippen LogP contribution < -0.4 is 0 Å². The lowest BCUT2D eigenvalue weighted by Crippen LogP contribution is -2.40. The number of nitrogens with one attached hydrogen (secondary N) is 1. The molecule has 0 saturated heterocycles. The van der Waals surface area contributed by atoms with Crippen LogP contribution in [-0.2, 0) is 163 Å². The SMILES string of the molecule is CC(C)(C)OC(=O)N1CCc2c(nc(-c3ccccc3)n2CC(F)F)C1.CC(C)(C)OC(=O)N1CCc2c(nc(Br)n2CC(F)F)C1.CC(C)(C)OC(=O)N1CCc2c(ncn2CC(F)F)C1.CC(C)(C)OC(=O)N1CCc2nc(-c3ccccc3)n(CC(F)F)c2C1.CC(C)(C)OC(=O)N1CCc2nc(Br)n(CC(F)F)c2C1.CC(C)(C)OC(=O)N1CCc2nc[nH]c2C1.CC(C)(C)OC(=O)N1CCc2ncn(CC(F)F)c2C1. The van der Waals surface area contributed by atoms with Crippen LogP contribution in [0.3, 0.4) is 0 Å². The van der Waals surface area contributed by atoms with Crippen molar-refractivity contribution in [1.29, 1.82) is 0 Å². The first-order valence-electron chi connectivity index (χ1n) is 49.2. The number of aromatic amines is 1. The van der Waals surface area contributed by atoms with Gasteiger partial charge >= 0.3 is 42.7 Å². The number of hydrogen-bond donors (Lipinski definition) is 1. The minimum absolute atomic E-state index is 0.219. The van der Waals surface area contributed by atoms with Crippen molar-refractivity contribution < 1.29 is 119 Å². The van der Waals surface area contributed by atoms with Gasteiger partial charge in [-0.2, -0.15) is 0 Å². The molecule has 49 heteroatoms. The number of aromatic nitrogens is 14. The van der Waals surface area contributed by atoms with E-state index in [0.29, 0.717) is 153 Å². The molecule has 7 aliphatic rings. The van der Waals surface area contributed by atoms with Crippen molar-refractivity contribution in [2.24, 2.45) is 0 Å². The Morgan fingerprint density at radius 1 is 0.287 bits per heavy atom. The van der Waals surface area contributed by atoms with E-state index < -0.39 is 147 Å². The number of alkyl halides is 12. The van der Waals surface area contributed by atoms with Crippen molar-refractivity contribution in [1.82, 2.24) is 102 Å². The molecule has 0 spiro atoms. The third-order valence-corrected chi connectivity index (χ3v) is 23.9. The van der Waals surface area contributed by atoms with Crippen molar-refractivity contribution in [3.63, 3.8) is 0 Å². The molecule has 0 atom stereocenters. The molecule has 1 N–H and O–H groups in total. The van der Waals surface area contributed by atoms with Crippen LogP contribution in [0.2, 0.25) is 0 Å². The van der Waals surface area contributed by atoms with E-state index in [4.69, 9.17) is 33.2 Å². The van der Waals surface area contributed by atoms with Gasteiger partial charge in [-0.3, -0.25) is 0 Å². The fourth-order valence-corrected chi connectivity index (χ4v) is 17.6. The summed E-state index contributed by atoms with van der Waals surface area (Å²) in [7, 11) is 0. The Morgan fingerprint density at radius 3 is 0.920 bits per heavy atom. The fraction of sp³-hybridized carbons (Fsp3) is 0.604. The van der Waals surface area contributed by atoms with Crippen molar-refractivity contribution in [2.75, 3.05) is 45.8 Å². The van der Waals surface area contributed by atoms with E-state index >= 15 is 0 Å². The number of ether oxygens (including phenoxy) is 7. The quantitative estimate of drug-likeness (QED) is 0.0780. The van der Waals surface area contributed by atoms with Gasteiger partial charge in [-0.1, -0.05) is 60.7 Å². The average molecular weight is 2260 g/mol. The zero-order valence-electron chi connectivity index (χ0n) is 88.5. The average Bonchev–Trinajstić information content (AvgIpc) is 1.63. The highest BCUT2D eigenvalue weighted by atomic mass is 79.9. The molecule has 7 amide bonds. The number of benzene rings is 2. The third kappa shape index (κ3) is 36.1. The van der Waals surface area contributed by atoms with Gasteiger partial charge in [0.2, 0.25) is 0 Å². The number of amides is 7. The van der Waals surface area contributed by atoms with Gasteiger partial charge < -0.3 is 99.8 Å². The number of imidazole rings is 7. The summed E-state index contributed by atoms with van der Waals surface area (Å²) in [6, 6.07) is 18.5. The number of H-pyrrole nitrogens is 1. The summed E-state index contributed by atoms with van der Waals surface area (Å²) in [4.78, 5) is 129. The molecule has 7 aromatic heterocycles. The topological polar surface area (TPSA) is 342 Å². The molecule has 0 fully saturated rings. The van der Waals surface area contributed by atoms with Crippen LogP contribution in [0.1, 0.15) is 225 Å². The number of nitrogens with zero attached hydrogens (tertiary/aromatic N) is 20. The van der Waals surface area contributed by atoms with E-state index in [-0.39, 0.29) is 45.4 Å². The van der Waals surface area contributed by atoms with Crippen molar-refractivity contribution in [3.05, 3.63) is 169 Å². The van der Waals surface area contributed by atoms with Crippen molar-refractivity contribution >= 4 is 74.5 Å². The Labute approximate surface area is 881 Å². The number of hydrogen-bond acceptors (Lipinski definition) is 21. The minimum atomic E-state index is -2.51. The lowest BCUT2D eigenvalue weighted by molar-refractivity contribution is 0.0206. The summed E-state index contributed by atoms with van der Waals surface area (Å²) >= 11 is 6.39. The van der Waals surface area contributed by atoms with Gasteiger partial charge in [0.25, 0.3) is 38.6 Å². The van der Waals surface area contributed by atoms with Crippen LogP contribution in [0.15, 0.2) is 89.1 Å². The second-order valence-corrected chi connectivity index (χ2v) is 44.6. The minimum Gasteiger partial charge on any atom is -0.444 e. The lowest BCUT2D eigenvalue weighted by atomic mass is 10.1. The van der Waals surface area contributed by atoms with Crippen molar-refractivity contribution in [2.45, 2.75) is 353 Å². The molecule has 828 valence electrons. The Kier molecular flexibility index (Phi) is 40.6. The monoisotopic (exact) mass is 2250 g/mol. The van der Waals surface area contributed by atoms with Crippen molar-refractivity contribution in [3.8, 4) is 22.8 Å². The molecule has 2 aromatic carbocycles. The highest BCUT2D eigenvalue weighted by Gasteiger charge is 2.39. The summed E-state index contributed by atoms with van der Waals surface area (Å²) in [6.45, 7) is 41.1. The van der Waals surface area contributed by atoms with E-state index in [9.17, 15) is 86.2 Å². The fourth-order valence-electron chi connectivity index (χ4n) is 16.5. The second-order valence-electron chi connectivity index (χ2n) is 43.2. The van der Waals surface area contributed by atoms with E-state index in [1.807, 2.05) is 102 Å². The first kappa shape index (κ1) is 120. The molecular formula is C101H137Br2F12N21O14. The number of rotatable bonds is 14. The van der Waals surface area contributed by atoms with Crippen LogP contribution in [0.4, 0.5) is 86.2 Å². The first-order chi connectivity index (χ1) is 69.8. The van der Waals surface area contributed by atoms with Crippen LogP contribution in [-0.4, -0.2) is 268 Å². The van der Waals surface area contributed by atoms with Gasteiger partial charge in [0.1, 0.15) is 50.9 Å². The first-order valence-corrected chi connectivity index (χ1v) is 50.8. The highest BCUT2D eigenvalue weighted by molar-refractivity contribution is 9.10. The summed E-state index contributed by atoms with van der Waals surface area (Å²) < 4.78 is 200. The Morgan fingerprint density at radius 2 is 0.547 bits per heavy atom. The molecule has 7 aliphatic heterocycles. The van der Waals surface area contributed by atoms with Crippen LogP contribution in [0.25, 0.3) is 22.8 Å². The van der Waals surface area contributed by atoms with E-state index in [1.165, 1.54) is 45.3 Å².